The minimum absolute atomic E-state index is 0.161. The minimum Gasteiger partial charge on any atom is -0.381 e. The highest BCUT2D eigenvalue weighted by Crippen LogP contribution is 2.33. The maximum Gasteiger partial charge on any atom is 0.191 e. The monoisotopic (exact) mass is 398 g/mol. The third kappa shape index (κ3) is 5.35. The third-order valence-electron chi connectivity index (χ3n) is 6.38. The molecule has 1 aliphatic carbocycles. The van der Waals surface area contributed by atoms with Crippen LogP contribution in [0, 0.1) is 5.92 Å². The number of hydrogen-bond acceptors (Lipinski definition) is 5. The lowest BCUT2D eigenvalue weighted by Gasteiger charge is -2.27. The van der Waals surface area contributed by atoms with Gasteiger partial charge in [-0.15, -0.1) is 0 Å². The number of nitrogens with one attached hydrogen (secondary N) is 2. The van der Waals surface area contributed by atoms with Crippen molar-refractivity contribution in [3.63, 3.8) is 0 Å². The Bertz CT molecular complexity index is 643. The minimum atomic E-state index is -2.84. The number of guanidine groups is 1. The van der Waals surface area contributed by atoms with Gasteiger partial charge in [-0.3, -0.25) is 9.89 Å². The van der Waals surface area contributed by atoms with Crippen molar-refractivity contribution in [3.8, 4) is 0 Å². The highest BCUT2D eigenvalue weighted by atomic mass is 32.2. The lowest BCUT2D eigenvalue weighted by Crippen LogP contribution is -2.49. The molecule has 0 aromatic carbocycles. The predicted octanol–water partition coefficient (Wildman–Crippen LogP) is 0.761. The van der Waals surface area contributed by atoms with Gasteiger partial charge in [0.25, 0.3) is 0 Å². The number of aliphatic imine (C=N–C) groups is 1. The summed E-state index contributed by atoms with van der Waals surface area (Å²) in [5.74, 6) is 1.63. The molecule has 27 heavy (non-hydrogen) atoms. The molecule has 2 N–H and O–H groups in total. The largest absolute Gasteiger partial charge is 0.381 e. The van der Waals surface area contributed by atoms with Crippen LogP contribution in [-0.2, 0) is 14.6 Å². The summed E-state index contributed by atoms with van der Waals surface area (Å²) in [7, 11) is -2.84. The molecule has 4 fully saturated rings. The molecule has 3 aliphatic heterocycles. The van der Waals surface area contributed by atoms with Crippen LogP contribution >= 0.6 is 0 Å². The molecule has 3 unspecified atom stereocenters. The second-order valence-corrected chi connectivity index (χ2v) is 11.1. The quantitative estimate of drug-likeness (QED) is 0.526. The zero-order valence-electron chi connectivity index (χ0n) is 16.4. The van der Waals surface area contributed by atoms with Gasteiger partial charge in [-0.05, 0) is 51.4 Å². The highest BCUT2D eigenvalue weighted by Gasteiger charge is 2.39. The first-order valence-corrected chi connectivity index (χ1v) is 12.4. The highest BCUT2D eigenvalue weighted by molar-refractivity contribution is 7.91. The molecule has 3 saturated heterocycles. The Kier molecular flexibility index (Phi) is 5.94. The molecule has 0 aromatic rings. The van der Waals surface area contributed by atoms with Crippen molar-refractivity contribution in [1.29, 1.82) is 0 Å². The third-order valence-corrected chi connectivity index (χ3v) is 8.21. The van der Waals surface area contributed by atoms with Gasteiger partial charge < -0.3 is 15.4 Å². The van der Waals surface area contributed by atoms with Gasteiger partial charge in [0.1, 0.15) is 0 Å². The van der Waals surface area contributed by atoms with E-state index in [-0.39, 0.29) is 11.7 Å². The summed E-state index contributed by atoms with van der Waals surface area (Å²) in [5.41, 5.74) is 0. The summed E-state index contributed by atoms with van der Waals surface area (Å²) in [6, 6.07) is 2.22. The van der Waals surface area contributed by atoms with Gasteiger partial charge in [0, 0.05) is 50.5 Å². The first kappa shape index (κ1) is 19.5. The first-order valence-electron chi connectivity index (χ1n) is 10.6. The van der Waals surface area contributed by atoms with Gasteiger partial charge in [0.05, 0.1) is 11.5 Å². The van der Waals surface area contributed by atoms with E-state index in [1.165, 1.54) is 12.8 Å². The number of sulfone groups is 1. The Morgan fingerprint density at radius 1 is 1.11 bits per heavy atom. The lowest BCUT2D eigenvalue weighted by atomic mass is 10.1. The van der Waals surface area contributed by atoms with Crippen LogP contribution in [0.5, 0.6) is 0 Å². The molecule has 3 heterocycles. The van der Waals surface area contributed by atoms with Gasteiger partial charge in [0.15, 0.2) is 15.8 Å². The molecule has 4 aliphatic rings. The number of nitrogens with zero attached hydrogens (tertiary/aromatic N) is 2. The molecule has 0 spiro atoms. The summed E-state index contributed by atoms with van der Waals surface area (Å²) >= 11 is 0. The zero-order chi connectivity index (χ0) is 18.9. The topological polar surface area (TPSA) is 83.0 Å². The second kappa shape index (κ2) is 8.25. The molecular formula is C19H34N4O3S. The Morgan fingerprint density at radius 3 is 2.52 bits per heavy atom. The summed E-state index contributed by atoms with van der Waals surface area (Å²) in [5, 5.41) is 7.25. The van der Waals surface area contributed by atoms with E-state index in [0.717, 1.165) is 57.4 Å². The molecule has 154 valence electrons. The van der Waals surface area contributed by atoms with Gasteiger partial charge in [0.2, 0.25) is 0 Å². The Hall–Kier alpha value is -0.860. The molecule has 0 amide bonds. The van der Waals surface area contributed by atoms with Crippen molar-refractivity contribution in [2.75, 3.05) is 37.8 Å². The van der Waals surface area contributed by atoms with Gasteiger partial charge >= 0.3 is 0 Å². The average Bonchev–Trinajstić information content (AvgIpc) is 3.32. The molecule has 0 radical (unpaired) electrons. The van der Waals surface area contributed by atoms with E-state index in [0.29, 0.717) is 30.4 Å². The van der Waals surface area contributed by atoms with E-state index in [1.807, 2.05) is 0 Å². The van der Waals surface area contributed by atoms with Crippen molar-refractivity contribution in [2.24, 2.45) is 10.9 Å². The molecule has 0 bridgehead atoms. The standard InChI is InChI=1S/C19H34N4O3S/c1-14-10-17(12-23(14)18-2-3-18)22-19(21-16-4-7-26-8-5-16)20-11-15-6-9-27(24,25)13-15/h14-18H,2-13H2,1H3,(H2,20,21,22). The molecule has 8 heteroatoms. The summed E-state index contributed by atoms with van der Waals surface area (Å²) < 4.78 is 28.9. The van der Waals surface area contributed by atoms with Crippen molar-refractivity contribution < 1.29 is 13.2 Å². The molecule has 1 saturated carbocycles. The van der Waals surface area contributed by atoms with Crippen LogP contribution in [0.3, 0.4) is 0 Å². The van der Waals surface area contributed by atoms with Crippen LogP contribution in [0.25, 0.3) is 0 Å². The van der Waals surface area contributed by atoms with Crippen LogP contribution in [0.4, 0.5) is 0 Å². The number of ether oxygens (including phenoxy) is 1. The fourth-order valence-electron chi connectivity index (χ4n) is 4.67. The van der Waals surface area contributed by atoms with Gasteiger partial charge in [-0.2, -0.15) is 0 Å². The normalized spacial score (nSPS) is 35.4. The molecule has 4 rings (SSSR count). The molecule has 3 atom stereocenters. The van der Waals surface area contributed by atoms with Gasteiger partial charge in [-0.25, -0.2) is 8.42 Å². The van der Waals surface area contributed by atoms with Gasteiger partial charge in [-0.1, -0.05) is 0 Å². The maximum absolute atomic E-state index is 11.7. The molecular weight excluding hydrogens is 364 g/mol. The van der Waals surface area contributed by atoms with E-state index in [4.69, 9.17) is 9.73 Å². The number of rotatable bonds is 5. The zero-order valence-corrected chi connectivity index (χ0v) is 17.2. The smallest absolute Gasteiger partial charge is 0.191 e. The summed E-state index contributed by atoms with van der Waals surface area (Å²) in [4.78, 5) is 7.44. The molecule has 0 aromatic heterocycles. The Labute approximate surface area is 163 Å². The van der Waals surface area contributed by atoms with E-state index in [2.05, 4.69) is 22.5 Å². The SMILES string of the molecule is CC1CC(NC(=NCC2CCS(=O)(=O)C2)NC2CCOCC2)CN1C1CC1. The fourth-order valence-corrected chi connectivity index (χ4v) is 6.52. The van der Waals surface area contributed by atoms with Crippen molar-refractivity contribution >= 4 is 15.8 Å². The van der Waals surface area contributed by atoms with Crippen LogP contribution in [0.15, 0.2) is 4.99 Å². The second-order valence-electron chi connectivity index (χ2n) is 8.84. The van der Waals surface area contributed by atoms with E-state index >= 15 is 0 Å². The van der Waals surface area contributed by atoms with E-state index < -0.39 is 9.84 Å². The average molecular weight is 399 g/mol. The van der Waals surface area contributed by atoms with Crippen molar-refractivity contribution in [2.45, 2.75) is 69.6 Å². The van der Waals surface area contributed by atoms with Crippen LogP contribution in [0.1, 0.15) is 45.4 Å². The lowest BCUT2D eigenvalue weighted by molar-refractivity contribution is 0.0821. The maximum atomic E-state index is 11.7. The van der Waals surface area contributed by atoms with Crippen molar-refractivity contribution in [3.05, 3.63) is 0 Å². The van der Waals surface area contributed by atoms with Crippen molar-refractivity contribution in [1.82, 2.24) is 15.5 Å². The number of likely N-dealkylation sites (tertiary alicyclic amines) is 1. The molecule has 7 nitrogen and oxygen atoms in total. The van der Waals surface area contributed by atoms with E-state index in [9.17, 15) is 8.42 Å². The van der Waals surface area contributed by atoms with Crippen LogP contribution in [-0.4, -0.2) is 81.3 Å². The first-order chi connectivity index (χ1) is 13.0. The number of hydrogen-bond donors (Lipinski definition) is 2. The fraction of sp³-hybridized carbons (Fsp3) is 0.947. The Balaban J connectivity index is 1.37. The van der Waals surface area contributed by atoms with E-state index in [1.54, 1.807) is 0 Å². The predicted molar refractivity (Wildman–Crippen MR) is 107 cm³/mol. The summed E-state index contributed by atoms with van der Waals surface area (Å²) in [6.45, 7) is 5.58. The van der Waals surface area contributed by atoms with Crippen LogP contribution in [0.2, 0.25) is 0 Å². The van der Waals surface area contributed by atoms with Crippen LogP contribution < -0.4 is 10.6 Å². The Morgan fingerprint density at radius 2 is 1.85 bits per heavy atom. The summed E-state index contributed by atoms with van der Waals surface area (Å²) in [6.07, 6.45) is 6.56.